The second-order valence-corrected chi connectivity index (χ2v) is 7.85. The van der Waals surface area contributed by atoms with E-state index in [4.69, 9.17) is 21.3 Å². The molecule has 0 aliphatic heterocycles. The number of halogens is 1. The molecule has 1 atom stereocenters. The van der Waals surface area contributed by atoms with Gasteiger partial charge in [-0.2, -0.15) is 0 Å². The Labute approximate surface area is 174 Å². The van der Waals surface area contributed by atoms with Crippen molar-refractivity contribution in [2.45, 2.75) is 20.0 Å². The van der Waals surface area contributed by atoms with E-state index in [2.05, 4.69) is 7.05 Å². The Morgan fingerprint density at radius 1 is 1.21 bits per heavy atom. The fourth-order valence-corrected chi connectivity index (χ4v) is 4.15. The minimum atomic E-state index is -0.0588. The summed E-state index contributed by atoms with van der Waals surface area (Å²) in [6.45, 7) is 3.04. The Kier molecular flexibility index (Phi) is 6.67. The summed E-state index contributed by atoms with van der Waals surface area (Å²) >= 11 is 7.60. The van der Waals surface area contributed by atoms with Gasteiger partial charge in [-0.05, 0) is 30.3 Å². The van der Waals surface area contributed by atoms with E-state index in [-0.39, 0.29) is 5.91 Å². The molecule has 1 N–H and O–H groups in total. The van der Waals surface area contributed by atoms with Crippen molar-refractivity contribution in [2.75, 3.05) is 19.1 Å². The molecule has 0 radical (unpaired) electrons. The molecule has 0 saturated heterocycles. The Morgan fingerprint density at radius 3 is 2.64 bits per heavy atom. The van der Waals surface area contributed by atoms with Crippen LogP contribution in [0.25, 0.3) is 0 Å². The average Bonchev–Trinajstić information content (AvgIpc) is 3.10. The SMILES string of the molecule is COc1ccc(Cl)cc1C[NH+](C)Cc1csc(N(C(C)=O)c2ccccc2)n1. The van der Waals surface area contributed by atoms with Crippen molar-refractivity contribution in [3.63, 3.8) is 0 Å². The zero-order chi connectivity index (χ0) is 20.1. The van der Waals surface area contributed by atoms with E-state index in [1.54, 1.807) is 18.9 Å². The lowest BCUT2D eigenvalue weighted by molar-refractivity contribution is -0.908. The maximum atomic E-state index is 12.2. The predicted octanol–water partition coefficient (Wildman–Crippen LogP) is 3.70. The molecule has 3 aromatic rings. The smallest absolute Gasteiger partial charge is 0.230 e. The molecule has 7 heteroatoms. The number of hydrogen-bond donors (Lipinski definition) is 1. The number of aromatic nitrogens is 1. The van der Waals surface area contributed by atoms with Gasteiger partial charge in [-0.3, -0.25) is 9.69 Å². The molecule has 1 heterocycles. The van der Waals surface area contributed by atoms with Gasteiger partial charge < -0.3 is 9.64 Å². The van der Waals surface area contributed by atoms with E-state index in [0.29, 0.717) is 10.2 Å². The summed E-state index contributed by atoms with van der Waals surface area (Å²) < 4.78 is 5.43. The van der Waals surface area contributed by atoms with Crippen LogP contribution in [-0.4, -0.2) is 25.0 Å². The van der Waals surface area contributed by atoms with Gasteiger partial charge in [0.2, 0.25) is 5.91 Å². The van der Waals surface area contributed by atoms with Crippen LogP contribution in [0.5, 0.6) is 5.75 Å². The van der Waals surface area contributed by atoms with Crippen molar-refractivity contribution in [3.05, 3.63) is 70.2 Å². The molecule has 0 bridgehead atoms. The third-order valence-electron chi connectivity index (χ3n) is 4.28. The van der Waals surface area contributed by atoms with E-state index in [9.17, 15) is 4.79 Å². The number of ether oxygens (including phenoxy) is 1. The van der Waals surface area contributed by atoms with Crippen LogP contribution in [0.2, 0.25) is 5.02 Å². The summed E-state index contributed by atoms with van der Waals surface area (Å²) in [4.78, 5) is 19.8. The summed E-state index contributed by atoms with van der Waals surface area (Å²) in [5.41, 5.74) is 2.82. The number of anilines is 2. The summed E-state index contributed by atoms with van der Waals surface area (Å²) in [5, 5.41) is 3.38. The number of methoxy groups -OCH3 is 1. The number of carbonyl (C=O) groups is 1. The maximum Gasteiger partial charge on any atom is 0.230 e. The average molecular weight is 417 g/mol. The van der Waals surface area contributed by atoms with Crippen molar-refractivity contribution in [1.29, 1.82) is 0 Å². The Hall–Kier alpha value is -2.41. The maximum absolute atomic E-state index is 12.2. The van der Waals surface area contributed by atoms with E-state index >= 15 is 0 Å². The number of rotatable bonds is 7. The lowest BCUT2D eigenvalue weighted by Gasteiger charge is -2.18. The topological polar surface area (TPSA) is 46.9 Å². The summed E-state index contributed by atoms with van der Waals surface area (Å²) in [6.07, 6.45) is 0. The molecule has 3 rings (SSSR count). The van der Waals surface area contributed by atoms with Gasteiger partial charge in [-0.1, -0.05) is 29.8 Å². The van der Waals surface area contributed by atoms with Crippen LogP contribution >= 0.6 is 22.9 Å². The zero-order valence-corrected chi connectivity index (χ0v) is 17.7. The minimum Gasteiger partial charge on any atom is -0.496 e. The van der Waals surface area contributed by atoms with Gasteiger partial charge in [0, 0.05) is 22.9 Å². The van der Waals surface area contributed by atoms with Crippen molar-refractivity contribution >= 4 is 39.7 Å². The van der Waals surface area contributed by atoms with Gasteiger partial charge in [0.15, 0.2) is 5.13 Å². The zero-order valence-electron chi connectivity index (χ0n) is 16.1. The summed E-state index contributed by atoms with van der Waals surface area (Å²) in [5.74, 6) is 0.769. The number of carbonyl (C=O) groups excluding carboxylic acids is 1. The fourth-order valence-electron chi connectivity index (χ4n) is 3.07. The molecule has 0 fully saturated rings. The monoisotopic (exact) mass is 416 g/mol. The second kappa shape index (κ2) is 9.19. The van der Waals surface area contributed by atoms with Gasteiger partial charge in [0.25, 0.3) is 0 Å². The number of para-hydroxylation sites is 1. The highest BCUT2D eigenvalue weighted by Crippen LogP contribution is 2.28. The molecular weight excluding hydrogens is 394 g/mol. The molecule has 0 saturated carbocycles. The normalized spacial score (nSPS) is 11.9. The lowest BCUT2D eigenvalue weighted by atomic mass is 10.2. The van der Waals surface area contributed by atoms with Gasteiger partial charge in [0.1, 0.15) is 24.5 Å². The number of thiazole rings is 1. The number of nitrogens with one attached hydrogen (secondary N) is 1. The first-order valence-electron chi connectivity index (χ1n) is 8.91. The Morgan fingerprint density at radius 2 is 1.96 bits per heavy atom. The molecule has 0 aliphatic rings. The largest absolute Gasteiger partial charge is 0.496 e. The van der Waals surface area contributed by atoms with Crippen LogP contribution in [0.1, 0.15) is 18.2 Å². The van der Waals surface area contributed by atoms with E-state index in [1.807, 2.05) is 53.9 Å². The first-order valence-corrected chi connectivity index (χ1v) is 10.2. The van der Waals surface area contributed by atoms with E-state index in [0.717, 1.165) is 35.8 Å². The number of amides is 1. The highest BCUT2D eigenvalue weighted by molar-refractivity contribution is 7.14. The quantitative estimate of drug-likeness (QED) is 0.638. The Bertz CT molecular complexity index is 946. The predicted molar refractivity (Wildman–Crippen MR) is 114 cm³/mol. The summed E-state index contributed by atoms with van der Waals surface area (Å²) in [7, 11) is 3.76. The van der Waals surface area contributed by atoms with E-state index in [1.165, 1.54) is 16.2 Å². The van der Waals surface area contributed by atoms with Crippen molar-refractivity contribution in [3.8, 4) is 5.75 Å². The number of nitrogens with zero attached hydrogens (tertiary/aromatic N) is 2. The van der Waals surface area contributed by atoms with Gasteiger partial charge in [0.05, 0.1) is 19.8 Å². The molecule has 2 aromatic carbocycles. The molecule has 1 aromatic heterocycles. The van der Waals surface area contributed by atoms with Gasteiger partial charge in [-0.15, -0.1) is 11.3 Å². The fraction of sp³-hybridized carbons (Fsp3) is 0.238. The van der Waals surface area contributed by atoms with Crippen LogP contribution in [0.4, 0.5) is 10.8 Å². The molecule has 28 heavy (non-hydrogen) atoms. The van der Waals surface area contributed by atoms with Crippen LogP contribution in [0.3, 0.4) is 0 Å². The van der Waals surface area contributed by atoms with Crippen LogP contribution < -0.4 is 14.5 Å². The standard InChI is InChI=1S/C21H22ClN3O2S/c1-15(26)25(19-7-5-4-6-8-19)21-23-18(14-28-21)13-24(2)12-16-11-17(22)9-10-20(16)27-3/h4-11,14H,12-13H2,1-3H3/p+1. The second-order valence-electron chi connectivity index (χ2n) is 6.58. The molecule has 0 spiro atoms. The van der Waals surface area contributed by atoms with Crippen molar-refractivity contribution in [1.82, 2.24) is 4.98 Å². The first-order chi connectivity index (χ1) is 13.5. The molecule has 146 valence electrons. The van der Waals surface area contributed by atoms with Crippen molar-refractivity contribution in [2.24, 2.45) is 0 Å². The number of quaternary nitrogens is 1. The molecule has 0 aliphatic carbocycles. The Balaban J connectivity index is 1.73. The third-order valence-corrected chi connectivity index (χ3v) is 5.39. The molecule has 1 amide bonds. The first kappa shape index (κ1) is 20.3. The molecular formula is C21H23ClN3O2S+. The van der Waals surface area contributed by atoms with Crippen LogP contribution in [-0.2, 0) is 17.9 Å². The highest BCUT2D eigenvalue weighted by atomic mass is 35.5. The van der Waals surface area contributed by atoms with Crippen LogP contribution in [0, 0.1) is 0 Å². The lowest BCUT2D eigenvalue weighted by Crippen LogP contribution is -3.06. The van der Waals surface area contributed by atoms with E-state index < -0.39 is 0 Å². The molecule has 1 unspecified atom stereocenters. The highest BCUT2D eigenvalue weighted by Gasteiger charge is 2.19. The van der Waals surface area contributed by atoms with Gasteiger partial charge in [-0.25, -0.2) is 4.98 Å². The molecule has 5 nitrogen and oxygen atoms in total. The third kappa shape index (κ3) is 4.90. The van der Waals surface area contributed by atoms with Gasteiger partial charge >= 0.3 is 0 Å². The minimum absolute atomic E-state index is 0.0588. The summed E-state index contributed by atoms with van der Waals surface area (Å²) in [6, 6.07) is 15.2. The number of benzene rings is 2. The van der Waals surface area contributed by atoms with Crippen molar-refractivity contribution < 1.29 is 14.4 Å². The van der Waals surface area contributed by atoms with Crippen LogP contribution in [0.15, 0.2) is 53.9 Å². The number of hydrogen-bond acceptors (Lipinski definition) is 4.